The van der Waals surface area contributed by atoms with Gasteiger partial charge < -0.3 is 5.32 Å². The summed E-state index contributed by atoms with van der Waals surface area (Å²) in [7, 11) is 0. The van der Waals surface area contributed by atoms with Gasteiger partial charge in [0.25, 0.3) is 0 Å². The van der Waals surface area contributed by atoms with Gasteiger partial charge in [0.2, 0.25) is 5.91 Å². The number of hydrogen-bond acceptors (Lipinski definition) is 2. The summed E-state index contributed by atoms with van der Waals surface area (Å²) >= 11 is 6.59. The highest BCUT2D eigenvalue weighted by Gasteiger charge is 2.23. The molecular weight excluding hydrogens is 284 g/mol. The van der Waals surface area contributed by atoms with Crippen LogP contribution in [0.3, 0.4) is 0 Å². The second kappa shape index (κ2) is 7.81. The Morgan fingerprint density at radius 3 is 2.71 bits per heavy atom. The molecule has 0 radical (unpaired) electrons. The number of rotatable bonds is 5. The van der Waals surface area contributed by atoms with E-state index >= 15 is 0 Å². The fraction of sp³-hybridized carbons (Fsp3) is 0.588. The maximum Gasteiger partial charge on any atom is 0.221 e. The highest BCUT2D eigenvalue weighted by molar-refractivity contribution is 6.21. The van der Waals surface area contributed by atoms with E-state index in [1.165, 1.54) is 32.6 Å². The van der Waals surface area contributed by atoms with Crippen LogP contribution in [0.1, 0.15) is 50.5 Å². The zero-order valence-corrected chi connectivity index (χ0v) is 13.7. The van der Waals surface area contributed by atoms with Crippen LogP contribution in [0, 0.1) is 0 Å². The first kappa shape index (κ1) is 16.3. The van der Waals surface area contributed by atoms with E-state index in [-0.39, 0.29) is 11.3 Å². The molecule has 4 heteroatoms. The lowest BCUT2D eigenvalue weighted by atomic mass is 9.99. The minimum Gasteiger partial charge on any atom is -0.326 e. The monoisotopic (exact) mass is 308 g/mol. The smallest absolute Gasteiger partial charge is 0.221 e. The number of carbonyl (C=O) groups excluding carboxylic acids is 1. The predicted octanol–water partition coefficient (Wildman–Crippen LogP) is 4.19. The number of amides is 1. The largest absolute Gasteiger partial charge is 0.326 e. The SMILES string of the molecule is CCC1CCCCN1CC(Cl)c1ccc(NC(C)=O)cc1. The minimum absolute atomic E-state index is 0.00327. The van der Waals surface area contributed by atoms with Crippen LogP contribution in [0.4, 0.5) is 5.69 Å². The molecule has 116 valence electrons. The highest BCUT2D eigenvalue weighted by atomic mass is 35.5. The van der Waals surface area contributed by atoms with Crippen LogP contribution in [-0.2, 0) is 4.79 Å². The maximum atomic E-state index is 11.0. The van der Waals surface area contributed by atoms with Gasteiger partial charge in [-0.25, -0.2) is 0 Å². The number of anilines is 1. The van der Waals surface area contributed by atoms with Gasteiger partial charge in [-0.2, -0.15) is 0 Å². The van der Waals surface area contributed by atoms with E-state index in [0.29, 0.717) is 6.04 Å². The molecule has 1 N–H and O–H groups in total. The van der Waals surface area contributed by atoms with Crippen molar-refractivity contribution in [3.63, 3.8) is 0 Å². The van der Waals surface area contributed by atoms with Gasteiger partial charge in [-0.15, -0.1) is 11.6 Å². The van der Waals surface area contributed by atoms with Gasteiger partial charge >= 0.3 is 0 Å². The van der Waals surface area contributed by atoms with Gasteiger partial charge in [0, 0.05) is 25.2 Å². The molecule has 2 atom stereocenters. The third kappa shape index (κ3) is 4.72. The molecule has 0 aromatic heterocycles. The van der Waals surface area contributed by atoms with Gasteiger partial charge in [-0.1, -0.05) is 25.5 Å². The second-order valence-electron chi connectivity index (χ2n) is 5.82. The molecule has 1 amide bonds. The van der Waals surface area contributed by atoms with E-state index in [9.17, 15) is 4.79 Å². The first-order valence-corrected chi connectivity index (χ1v) is 8.29. The molecule has 0 spiro atoms. The van der Waals surface area contributed by atoms with Crippen LogP contribution in [-0.4, -0.2) is 29.9 Å². The summed E-state index contributed by atoms with van der Waals surface area (Å²) in [6.07, 6.45) is 5.11. The average Bonchev–Trinajstić information content (AvgIpc) is 2.48. The lowest BCUT2D eigenvalue weighted by molar-refractivity contribution is -0.114. The van der Waals surface area contributed by atoms with E-state index in [1.54, 1.807) is 0 Å². The maximum absolute atomic E-state index is 11.0. The van der Waals surface area contributed by atoms with Crippen LogP contribution in [0.15, 0.2) is 24.3 Å². The first-order valence-electron chi connectivity index (χ1n) is 7.85. The summed E-state index contributed by atoms with van der Waals surface area (Å²) in [4.78, 5) is 13.6. The van der Waals surface area contributed by atoms with Gasteiger partial charge in [0.15, 0.2) is 0 Å². The fourth-order valence-electron chi connectivity index (χ4n) is 3.05. The molecule has 1 saturated heterocycles. The molecule has 0 saturated carbocycles. The Bertz CT molecular complexity index is 460. The van der Waals surface area contributed by atoms with Crippen molar-refractivity contribution < 1.29 is 4.79 Å². The van der Waals surface area contributed by atoms with E-state index in [1.807, 2.05) is 24.3 Å². The summed E-state index contributed by atoms with van der Waals surface area (Å²) in [6.45, 7) is 5.83. The van der Waals surface area contributed by atoms with Crippen LogP contribution in [0.2, 0.25) is 0 Å². The number of nitrogens with one attached hydrogen (secondary N) is 1. The molecule has 1 aromatic rings. The van der Waals surface area contributed by atoms with Gasteiger partial charge in [-0.3, -0.25) is 9.69 Å². The molecule has 2 unspecified atom stereocenters. The van der Waals surface area contributed by atoms with Crippen molar-refractivity contribution in [2.24, 2.45) is 0 Å². The molecule has 0 bridgehead atoms. The Morgan fingerprint density at radius 2 is 2.10 bits per heavy atom. The summed E-state index contributed by atoms with van der Waals surface area (Å²) in [5.74, 6) is -0.0516. The van der Waals surface area contributed by atoms with Crippen LogP contribution in [0.25, 0.3) is 0 Å². The van der Waals surface area contributed by atoms with Crippen molar-refractivity contribution in [2.45, 2.75) is 50.9 Å². The molecule has 21 heavy (non-hydrogen) atoms. The summed E-state index contributed by atoms with van der Waals surface area (Å²) < 4.78 is 0. The van der Waals surface area contributed by atoms with Gasteiger partial charge in [-0.05, 0) is 43.5 Å². The van der Waals surface area contributed by atoms with Gasteiger partial charge in [0.05, 0.1) is 5.38 Å². The molecule has 1 aliphatic heterocycles. The molecule has 3 nitrogen and oxygen atoms in total. The molecular formula is C17H25ClN2O. The fourth-order valence-corrected chi connectivity index (χ4v) is 3.38. The molecule has 1 aliphatic rings. The van der Waals surface area contributed by atoms with Crippen molar-refractivity contribution in [3.8, 4) is 0 Å². The Labute approximate surface area is 132 Å². The minimum atomic E-state index is -0.0516. The van der Waals surface area contributed by atoms with E-state index < -0.39 is 0 Å². The lowest BCUT2D eigenvalue weighted by Crippen LogP contribution is -2.40. The molecule has 1 fully saturated rings. The third-order valence-corrected chi connectivity index (χ3v) is 4.60. The van der Waals surface area contributed by atoms with Crippen molar-refractivity contribution in [1.82, 2.24) is 4.90 Å². The highest BCUT2D eigenvalue weighted by Crippen LogP contribution is 2.27. The van der Waals surface area contributed by atoms with Crippen LogP contribution >= 0.6 is 11.6 Å². The van der Waals surface area contributed by atoms with Crippen molar-refractivity contribution in [3.05, 3.63) is 29.8 Å². The van der Waals surface area contributed by atoms with E-state index in [0.717, 1.165) is 24.3 Å². The predicted molar refractivity (Wildman–Crippen MR) is 88.8 cm³/mol. The number of nitrogens with zero attached hydrogens (tertiary/aromatic N) is 1. The number of benzene rings is 1. The molecule has 2 rings (SSSR count). The normalized spacial score (nSPS) is 21.0. The number of likely N-dealkylation sites (tertiary alicyclic amines) is 1. The number of halogens is 1. The van der Waals surface area contributed by atoms with Crippen molar-refractivity contribution >= 4 is 23.2 Å². The quantitative estimate of drug-likeness (QED) is 0.827. The Morgan fingerprint density at radius 1 is 1.38 bits per heavy atom. The number of hydrogen-bond donors (Lipinski definition) is 1. The zero-order valence-electron chi connectivity index (χ0n) is 12.9. The molecule has 1 aromatic carbocycles. The van der Waals surface area contributed by atoms with Gasteiger partial charge in [0.1, 0.15) is 0 Å². The standard InChI is InChI=1S/C17H25ClN2O/c1-3-16-6-4-5-11-20(16)12-17(18)14-7-9-15(10-8-14)19-13(2)21/h7-10,16-17H,3-6,11-12H2,1-2H3,(H,19,21). The topological polar surface area (TPSA) is 32.3 Å². The Hall–Kier alpha value is -1.06. The Kier molecular flexibility index (Phi) is 6.07. The van der Waals surface area contributed by atoms with E-state index in [2.05, 4.69) is 17.1 Å². The van der Waals surface area contributed by atoms with Crippen molar-refractivity contribution in [1.29, 1.82) is 0 Å². The summed E-state index contributed by atoms with van der Waals surface area (Å²) in [6, 6.07) is 8.53. The lowest BCUT2D eigenvalue weighted by Gasteiger charge is -2.36. The number of carbonyl (C=O) groups is 1. The van der Waals surface area contributed by atoms with E-state index in [4.69, 9.17) is 11.6 Å². The second-order valence-corrected chi connectivity index (χ2v) is 6.35. The first-order chi connectivity index (χ1) is 10.1. The summed E-state index contributed by atoms with van der Waals surface area (Å²) in [5.41, 5.74) is 1.94. The molecule has 1 heterocycles. The summed E-state index contributed by atoms with van der Waals surface area (Å²) in [5, 5.41) is 2.78. The third-order valence-electron chi connectivity index (χ3n) is 4.21. The average molecular weight is 309 g/mol. The number of alkyl halides is 1. The number of piperidine rings is 1. The van der Waals surface area contributed by atoms with Crippen molar-refractivity contribution in [2.75, 3.05) is 18.4 Å². The van der Waals surface area contributed by atoms with Crippen LogP contribution in [0.5, 0.6) is 0 Å². The van der Waals surface area contributed by atoms with Crippen LogP contribution < -0.4 is 5.32 Å². The Balaban J connectivity index is 1.95. The zero-order chi connectivity index (χ0) is 15.2. The molecule has 0 aliphatic carbocycles.